The van der Waals surface area contributed by atoms with Crippen molar-refractivity contribution in [3.8, 4) is 0 Å². The Kier molecular flexibility index (Phi) is 3.53. The molecule has 0 aromatic heterocycles. The molecule has 0 radical (unpaired) electrons. The number of carbonyl (C=O) groups is 1. The van der Waals surface area contributed by atoms with Gasteiger partial charge in [0.2, 0.25) is 0 Å². The van der Waals surface area contributed by atoms with Gasteiger partial charge in [0.15, 0.2) is 0 Å². The lowest BCUT2D eigenvalue weighted by molar-refractivity contribution is -0.152. The summed E-state index contributed by atoms with van der Waals surface area (Å²) in [6.45, 7) is 7.06. The Labute approximate surface area is 85.5 Å². The number of carboxylic acids is 1. The van der Waals surface area contributed by atoms with Gasteiger partial charge in [-0.2, -0.15) is 0 Å². The molecule has 0 bridgehead atoms. The standard InChI is InChI=1S/C11H20O3/c1-11(2,3)7-9-8(10(12)13)5-4-6-14-9/h8-9H,4-7H2,1-3H3,(H,12,13). The topological polar surface area (TPSA) is 46.5 Å². The van der Waals surface area contributed by atoms with Crippen LogP contribution < -0.4 is 0 Å². The fourth-order valence-corrected chi connectivity index (χ4v) is 1.93. The van der Waals surface area contributed by atoms with Crippen LogP contribution in [0.1, 0.15) is 40.0 Å². The van der Waals surface area contributed by atoms with Gasteiger partial charge in [0.25, 0.3) is 0 Å². The van der Waals surface area contributed by atoms with E-state index in [0.29, 0.717) is 6.61 Å². The minimum Gasteiger partial charge on any atom is -0.481 e. The summed E-state index contributed by atoms with van der Waals surface area (Å²) >= 11 is 0. The van der Waals surface area contributed by atoms with E-state index in [4.69, 9.17) is 9.84 Å². The average molecular weight is 200 g/mol. The number of rotatable bonds is 2. The number of hydrogen-bond acceptors (Lipinski definition) is 2. The molecular weight excluding hydrogens is 180 g/mol. The van der Waals surface area contributed by atoms with Crippen molar-refractivity contribution in [1.82, 2.24) is 0 Å². The van der Waals surface area contributed by atoms with Crippen LogP contribution in [0, 0.1) is 11.3 Å². The Morgan fingerprint density at radius 2 is 2.14 bits per heavy atom. The number of carboxylic acid groups (broad SMARTS) is 1. The van der Waals surface area contributed by atoms with Gasteiger partial charge in [-0.3, -0.25) is 4.79 Å². The molecule has 0 aromatic rings. The zero-order valence-corrected chi connectivity index (χ0v) is 9.25. The van der Waals surface area contributed by atoms with E-state index in [1.807, 2.05) is 0 Å². The second-order valence-electron chi connectivity index (χ2n) is 5.26. The predicted octanol–water partition coefficient (Wildman–Crippen LogP) is 2.30. The Morgan fingerprint density at radius 1 is 1.50 bits per heavy atom. The van der Waals surface area contributed by atoms with Gasteiger partial charge >= 0.3 is 5.97 Å². The van der Waals surface area contributed by atoms with Crippen molar-refractivity contribution >= 4 is 5.97 Å². The van der Waals surface area contributed by atoms with Crippen LogP contribution in [-0.2, 0) is 9.53 Å². The van der Waals surface area contributed by atoms with E-state index in [0.717, 1.165) is 19.3 Å². The van der Waals surface area contributed by atoms with Gasteiger partial charge in [0.05, 0.1) is 12.0 Å². The van der Waals surface area contributed by atoms with Crippen LogP contribution in [0.5, 0.6) is 0 Å². The van der Waals surface area contributed by atoms with Crippen molar-refractivity contribution in [3.63, 3.8) is 0 Å². The Balaban J connectivity index is 2.59. The van der Waals surface area contributed by atoms with E-state index in [2.05, 4.69) is 20.8 Å². The summed E-state index contributed by atoms with van der Waals surface area (Å²) in [6, 6.07) is 0. The molecule has 82 valence electrons. The lowest BCUT2D eigenvalue weighted by Crippen LogP contribution is -2.37. The first-order valence-corrected chi connectivity index (χ1v) is 5.24. The molecule has 2 atom stereocenters. The first-order valence-electron chi connectivity index (χ1n) is 5.24. The zero-order chi connectivity index (χ0) is 10.8. The highest BCUT2D eigenvalue weighted by Gasteiger charge is 2.34. The van der Waals surface area contributed by atoms with E-state index in [1.165, 1.54) is 0 Å². The molecule has 0 spiro atoms. The molecule has 1 aliphatic rings. The van der Waals surface area contributed by atoms with E-state index in [9.17, 15) is 4.79 Å². The maximum absolute atomic E-state index is 11.0. The molecule has 0 amide bonds. The Hall–Kier alpha value is -0.570. The average Bonchev–Trinajstić information content (AvgIpc) is 2.01. The second-order valence-corrected chi connectivity index (χ2v) is 5.26. The van der Waals surface area contributed by atoms with E-state index >= 15 is 0 Å². The molecule has 1 aliphatic heterocycles. The lowest BCUT2D eigenvalue weighted by Gasteiger charge is -2.33. The number of ether oxygens (including phenoxy) is 1. The third-order valence-electron chi connectivity index (χ3n) is 2.57. The second kappa shape index (κ2) is 4.30. The summed E-state index contributed by atoms with van der Waals surface area (Å²) in [5, 5.41) is 9.03. The Bertz CT molecular complexity index is 205. The van der Waals surface area contributed by atoms with Gasteiger partial charge in [-0.25, -0.2) is 0 Å². The zero-order valence-electron chi connectivity index (χ0n) is 9.25. The van der Waals surface area contributed by atoms with Crippen molar-refractivity contribution < 1.29 is 14.6 Å². The van der Waals surface area contributed by atoms with Gasteiger partial charge in [-0.1, -0.05) is 20.8 Å². The van der Waals surface area contributed by atoms with Crippen molar-refractivity contribution in [2.75, 3.05) is 6.61 Å². The van der Waals surface area contributed by atoms with Crippen molar-refractivity contribution in [1.29, 1.82) is 0 Å². The van der Waals surface area contributed by atoms with Crippen LogP contribution in [0.2, 0.25) is 0 Å². The van der Waals surface area contributed by atoms with Crippen LogP contribution in [0.15, 0.2) is 0 Å². The first kappa shape index (κ1) is 11.5. The summed E-state index contributed by atoms with van der Waals surface area (Å²) in [5.41, 5.74) is 0.135. The number of hydrogen-bond donors (Lipinski definition) is 1. The molecule has 14 heavy (non-hydrogen) atoms. The highest BCUT2D eigenvalue weighted by molar-refractivity contribution is 5.70. The lowest BCUT2D eigenvalue weighted by atomic mass is 9.82. The van der Waals surface area contributed by atoms with Crippen LogP contribution in [0.3, 0.4) is 0 Å². The molecule has 0 aromatic carbocycles. The fourth-order valence-electron chi connectivity index (χ4n) is 1.93. The number of aliphatic carboxylic acids is 1. The maximum atomic E-state index is 11.0. The van der Waals surface area contributed by atoms with Crippen molar-refractivity contribution in [2.45, 2.75) is 46.1 Å². The first-order chi connectivity index (χ1) is 6.40. The molecule has 1 rings (SSSR count). The summed E-state index contributed by atoms with van der Waals surface area (Å²) < 4.78 is 5.55. The third kappa shape index (κ3) is 3.29. The molecule has 1 N–H and O–H groups in total. The van der Waals surface area contributed by atoms with E-state index < -0.39 is 5.97 Å². The van der Waals surface area contributed by atoms with E-state index in [-0.39, 0.29) is 17.4 Å². The normalized spacial score (nSPS) is 28.8. The summed E-state index contributed by atoms with van der Waals surface area (Å²) in [5.74, 6) is -1.01. The summed E-state index contributed by atoms with van der Waals surface area (Å²) in [4.78, 5) is 11.0. The molecule has 1 saturated heterocycles. The highest BCUT2D eigenvalue weighted by Crippen LogP contribution is 2.31. The predicted molar refractivity (Wildman–Crippen MR) is 54.2 cm³/mol. The molecule has 3 nitrogen and oxygen atoms in total. The smallest absolute Gasteiger partial charge is 0.309 e. The molecule has 1 fully saturated rings. The summed E-state index contributed by atoms with van der Waals surface area (Å²) in [7, 11) is 0. The summed E-state index contributed by atoms with van der Waals surface area (Å²) in [6.07, 6.45) is 2.36. The maximum Gasteiger partial charge on any atom is 0.309 e. The fraction of sp³-hybridized carbons (Fsp3) is 0.909. The van der Waals surface area contributed by atoms with Gasteiger partial charge in [0, 0.05) is 6.61 Å². The van der Waals surface area contributed by atoms with Crippen LogP contribution >= 0.6 is 0 Å². The molecule has 0 saturated carbocycles. The van der Waals surface area contributed by atoms with Crippen LogP contribution in [0.4, 0.5) is 0 Å². The molecular formula is C11H20O3. The van der Waals surface area contributed by atoms with Gasteiger partial charge in [-0.05, 0) is 24.7 Å². The van der Waals surface area contributed by atoms with Gasteiger partial charge < -0.3 is 9.84 Å². The SMILES string of the molecule is CC(C)(C)CC1OCCCC1C(=O)O. The minimum absolute atomic E-state index is 0.0961. The molecule has 3 heteroatoms. The van der Waals surface area contributed by atoms with Gasteiger partial charge in [0.1, 0.15) is 0 Å². The molecule has 0 aliphatic carbocycles. The van der Waals surface area contributed by atoms with Crippen molar-refractivity contribution in [3.05, 3.63) is 0 Å². The quantitative estimate of drug-likeness (QED) is 0.744. The third-order valence-corrected chi connectivity index (χ3v) is 2.57. The van der Waals surface area contributed by atoms with Crippen LogP contribution in [0.25, 0.3) is 0 Å². The minimum atomic E-state index is -0.709. The molecule has 2 unspecified atom stereocenters. The molecule has 1 heterocycles. The van der Waals surface area contributed by atoms with Crippen molar-refractivity contribution in [2.24, 2.45) is 11.3 Å². The Morgan fingerprint density at radius 3 is 2.64 bits per heavy atom. The van der Waals surface area contributed by atoms with E-state index in [1.54, 1.807) is 0 Å². The van der Waals surface area contributed by atoms with Crippen LogP contribution in [-0.4, -0.2) is 23.8 Å². The van der Waals surface area contributed by atoms with Gasteiger partial charge in [-0.15, -0.1) is 0 Å². The monoisotopic (exact) mass is 200 g/mol. The largest absolute Gasteiger partial charge is 0.481 e. The highest BCUT2D eigenvalue weighted by atomic mass is 16.5.